The van der Waals surface area contributed by atoms with E-state index < -0.39 is 0 Å². The highest BCUT2D eigenvalue weighted by molar-refractivity contribution is 9.10. The summed E-state index contributed by atoms with van der Waals surface area (Å²) in [4.78, 5) is 12.0. The third-order valence-corrected chi connectivity index (χ3v) is 4.12. The molecule has 1 aromatic rings. The maximum atomic E-state index is 12.0. The van der Waals surface area contributed by atoms with Crippen LogP contribution in [0.1, 0.15) is 23.2 Å². The highest BCUT2D eigenvalue weighted by Gasteiger charge is 2.18. The van der Waals surface area contributed by atoms with Crippen molar-refractivity contribution >= 4 is 33.4 Å². The van der Waals surface area contributed by atoms with Gasteiger partial charge in [-0.2, -0.15) is 0 Å². The van der Waals surface area contributed by atoms with E-state index in [9.17, 15) is 4.79 Å². The summed E-state index contributed by atoms with van der Waals surface area (Å²) >= 11 is 9.40. The third-order valence-electron chi connectivity index (χ3n) is 2.83. The average molecular weight is 318 g/mol. The van der Waals surface area contributed by atoms with Crippen LogP contribution in [0.15, 0.2) is 22.7 Å². The van der Waals surface area contributed by atoms with Crippen LogP contribution >= 0.6 is 27.5 Å². The zero-order valence-corrected chi connectivity index (χ0v) is 11.6. The van der Waals surface area contributed by atoms with Gasteiger partial charge in [-0.15, -0.1) is 0 Å². The highest BCUT2D eigenvalue weighted by Crippen LogP contribution is 2.26. The molecule has 1 heterocycles. The number of rotatable bonds is 2. The number of carbonyl (C=O) groups is 1. The van der Waals surface area contributed by atoms with Gasteiger partial charge >= 0.3 is 0 Å². The summed E-state index contributed by atoms with van der Waals surface area (Å²) in [7, 11) is 0. The first-order valence-electron chi connectivity index (χ1n) is 5.64. The molecule has 92 valence electrons. The number of carbonyl (C=O) groups excluding carboxylic acids is 1. The largest absolute Gasteiger partial charge is 0.348 e. The Labute approximate surface area is 114 Å². The average Bonchev–Trinajstić information content (AvgIpc) is 2.34. The SMILES string of the molecule is O=C(N[C@@H]1CCCNC1)c1cccc(Br)c1Cl. The van der Waals surface area contributed by atoms with Crippen LogP contribution in [0.2, 0.25) is 5.02 Å². The van der Waals surface area contributed by atoms with Crippen LogP contribution in [-0.2, 0) is 0 Å². The second kappa shape index (κ2) is 5.85. The van der Waals surface area contributed by atoms with Gasteiger partial charge in [0.25, 0.3) is 5.91 Å². The molecule has 0 saturated carbocycles. The van der Waals surface area contributed by atoms with Crippen LogP contribution in [0.25, 0.3) is 0 Å². The smallest absolute Gasteiger partial charge is 0.253 e. The fourth-order valence-electron chi connectivity index (χ4n) is 1.92. The second-order valence-electron chi connectivity index (χ2n) is 4.12. The monoisotopic (exact) mass is 316 g/mol. The number of hydrogen-bond acceptors (Lipinski definition) is 2. The molecule has 0 unspecified atom stereocenters. The lowest BCUT2D eigenvalue weighted by atomic mass is 10.1. The van der Waals surface area contributed by atoms with Gasteiger partial charge in [-0.1, -0.05) is 17.7 Å². The second-order valence-corrected chi connectivity index (χ2v) is 5.35. The number of hydrogen-bond donors (Lipinski definition) is 2. The number of amides is 1. The summed E-state index contributed by atoms with van der Waals surface area (Å²) < 4.78 is 0.744. The Hall–Kier alpha value is -0.580. The van der Waals surface area contributed by atoms with Crippen molar-refractivity contribution in [2.75, 3.05) is 13.1 Å². The van der Waals surface area contributed by atoms with Crippen LogP contribution in [0.3, 0.4) is 0 Å². The van der Waals surface area contributed by atoms with E-state index in [1.54, 1.807) is 6.07 Å². The topological polar surface area (TPSA) is 41.1 Å². The minimum Gasteiger partial charge on any atom is -0.348 e. The van der Waals surface area contributed by atoms with Gasteiger partial charge < -0.3 is 10.6 Å². The molecule has 1 aliphatic heterocycles. The number of piperidine rings is 1. The van der Waals surface area contributed by atoms with Gasteiger partial charge in [-0.3, -0.25) is 4.79 Å². The summed E-state index contributed by atoms with van der Waals surface area (Å²) in [5, 5.41) is 6.72. The van der Waals surface area contributed by atoms with Crippen LogP contribution in [0.5, 0.6) is 0 Å². The number of nitrogens with one attached hydrogen (secondary N) is 2. The summed E-state index contributed by atoms with van der Waals surface area (Å²) in [6.45, 7) is 1.86. The van der Waals surface area contributed by atoms with E-state index in [1.165, 1.54) is 0 Å². The van der Waals surface area contributed by atoms with Crippen molar-refractivity contribution in [2.45, 2.75) is 18.9 Å². The molecular weight excluding hydrogens is 304 g/mol. The van der Waals surface area contributed by atoms with Gasteiger partial charge in [-0.25, -0.2) is 0 Å². The molecule has 0 spiro atoms. The van der Waals surface area contributed by atoms with Crippen LogP contribution in [-0.4, -0.2) is 25.0 Å². The van der Waals surface area contributed by atoms with Gasteiger partial charge in [0.05, 0.1) is 10.6 Å². The molecule has 1 aliphatic rings. The first kappa shape index (κ1) is 12.9. The normalized spacial score (nSPS) is 20.0. The van der Waals surface area contributed by atoms with Gasteiger partial charge in [0.2, 0.25) is 0 Å². The Kier molecular flexibility index (Phi) is 4.42. The fraction of sp³-hybridized carbons (Fsp3) is 0.417. The lowest BCUT2D eigenvalue weighted by Gasteiger charge is -2.24. The van der Waals surface area contributed by atoms with Crippen LogP contribution in [0, 0.1) is 0 Å². The molecule has 5 heteroatoms. The minimum absolute atomic E-state index is 0.106. The maximum absolute atomic E-state index is 12.0. The Morgan fingerprint density at radius 2 is 2.35 bits per heavy atom. The van der Waals surface area contributed by atoms with E-state index in [1.807, 2.05) is 12.1 Å². The summed E-state index contributed by atoms with van der Waals surface area (Å²) in [5.41, 5.74) is 0.520. The quantitative estimate of drug-likeness (QED) is 0.880. The molecule has 0 aliphatic carbocycles. The molecule has 1 aromatic carbocycles. The molecule has 0 aromatic heterocycles. The van der Waals surface area contributed by atoms with Crippen LogP contribution in [0.4, 0.5) is 0 Å². The van der Waals surface area contributed by atoms with Crippen molar-refractivity contribution in [3.8, 4) is 0 Å². The standard InChI is InChI=1S/C12H14BrClN2O/c13-10-5-1-4-9(11(10)14)12(17)16-8-3-2-6-15-7-8/h1,4-5,8,15H,2-3,6-7H2,(H,16,17)/t8-/m1/s1. The molecule has 17 heavy (non-hydrogen) atoms. The molecule has 2 rings (SSSR count). The van der Waals surface area contributed by atoms with Crippen molar-refractivity contribution in [1.82, 2.24) is 10.6 Å². The van der Waals surface area contributed by atoms with Crippen LogP contribution < -0.4 is 10.6 Å². The van der Waals surface area contributed by atoms with Crippen molar-refractivity contribution < 1.29 is 4.79 Å². The Balaban J connectivity index is 2.06. The summed E-state index contributed by atoms with van der Waals surface area (Å²) in [5.74, 6) is -0.106. The Morgan fingerprint density at radius 1 is 1.53 bits per heavy atom. The predicted molar refractivity (Wildman–Crippen MR) is 72.5 cm³/mol. The molecule has 1 atom stereocenters. The van der Waals surface area contributed by atoms with Crippen molar-refractivity contribution in [3.63, 3.8) is 0 Å². The van der Waals surface area contributed by atoms with E-state index in [0.717, 1.165) is 30.4 Å². The lowest BCUT2D eigenvalue weighted by molar-refractivity contribution is 0.0931. The summed E-state index contributed by atoms with van der Waals surface area (Å²) in [6.07, 6.45) is 2.11. The number of benzene rings is 1. The van der Waals surface area contributed by atoms with E-state index in [2.05, 4.69) is 26.6 Å². The van der Waals surface area contributed by atoms with E-state index in [-0.39, 0.29) is 11.9 Å². The van der Waals surface area contributed by atoms with Gasteiger partial charge in [0.1, 0.15) is 0 Å². The third kappa shape index (κ3) is 3.21. The van der Waals surface area contributed by atoms with Crippen molar-refractivity contribution in [1.29, 1.82) is 0 Å². The summed E-state index contributed by atoms with van der Waals surface area (Å²) in [6, 6.07) is 5.57. The Bertz CT molecular complexity index is 419. The molecule has 2 N–H and O–H groups in total. The number of halogens is 2. The van der Waals surface area contributed by atoms with Gasteiger partial charge in [-0.05, 0) is 47.4 Å². The van der Waals surface area contributed by atoms with Crippen molar-refractivity contribution in [2.24, 2.45) is 0 Å². The van der Waals surface area contributed by atoms with E-state index in [0.29, 0.717) is 10.6 Å². The molecule has 0 bridgehead atoms. The lowest BCUT2D eigenvalue weighted by Crippen LogP contribution is -2.45. The van der Waals surface area contributed by atoms with Gasteiger partial charge in [0.15, 0.2) is 0 Å². The highest BCUT2D eigenvalue weighted by atomic mass is 79.9. The van der Waals surface area contributed by atoms with Gasteiger partial charge in [0, 0.05) is 17.1 Å². The van der Waals surface area contributed by atoms with E-state index in [4.69, 9.17) is 11.6 Å². The zero-order chi connectivity index (χ0) is 12.3. The first-order valence-corrected chi connectivity index (χ1v) is 6.81. The molecular formula is C12H14BrClN2O. The minimum atomic E-state index is -0.106. The van der Waals surface area contributed by atoms with Crippen molar-refractivity contribution in [3.05, 3.63) is 33.3 Å². The molecule has 1 amide bonds. The first-order chi connectivity index (χ1) is 8.18. The van der Waals surface area contributed by atoms with E-state index >= 15 is 0 Å². The molecule has 1 saturated heterocycles. The predicted octanol–water partition coefficient (Wildman–Crippen LogP) is 2.58. The molecule has 0 radical (unpaired) electrons. The Morgan fingerprint density at radius 3 is 3.06 bits per heavy atom. The zero-order valence-electron chi connectivity index (χ0n) is 9.30. The molecule has 1 fully saturated rings. The maximum Gasteiger partial charge on any atom is 0.253 e. The molecule has 3 nitrogen and oxygen atoms in total. The fourth-order valence-corrected chi connectivity index (χ4v) is 2.50.